The number of halogens is 2. The van der Waals surface area contributed by atoms with Gasteiger partial charge in [0.2, 0.25) is 15.9 Å². The third-order valence-corrected chi connectivity index (χ3v) is 9.33. The lowest BCUT2D eigenvalue weighted by atomic mass is 9.97. The highest BCUT2D eigenvalue weighted by molar-refractivity contribution is 7.90. The van der Waals surface area contributed by atoms with Gasteiger partial charge in [-0.1, -0.05) is 11.3 Å². The molecule has 0 radical (unpaired) electrons. The van der Waals surface area contributed by atoms with Crippen LogP contribution in [0.4, 0.5) is 13.9 Å². The highest BCUT2D eigenvalue weighted by Gasteiger charge is 2.34. The molecule has 8 nitrogen and oxygen atoms in total. The van der Waals surface area contributed by atoms with Crippen LogP contribution >= 0.6 is 11.3 Å². The summed E-state index contributed by atoms with van der Waals surface area (Å²) < 4.78 is 77.6. The van der Waals surface area contributed by atoms with Crippen molar-refractivity contribution in [1.29, 1.82) is 0 Å². The molecule has 1 saturated heterocycles. The average Bonchev–Trinajstić information content (AvgIpc) is 3.14. The smallest absolute Gasteiger partial charge is 0.245 e. The Balaban J connectivity index is 1.42. The van der Waals surface area contributed by atoms with Gasteiger partial charge in [-0.15, -0.1) is 0 Å². The minimum Gasteiger partial charge on any atom is -0.302 e. The molecular weight excluding hydrogens is 496 g/mol. The average molecular weight is 516 g/mol. The largest absolute Gasteiger partial charge is 0.302 e. The van der Waals surface area contributed by atoms with Crippen molar-refractivity contribution < 1.29 is 30.4 Å². The van der Waals surface area contributed by atoms with Gasteiger partial charge >= 0.3 is 0 Å². The van der Waals surface area contributed by atoms with E-state index in [0.29, 0.717) is 21.4 Å². The fourth-order valence-corrected chi connectivity index (χ4v) is 6.72. The molecule has 1 aromatic heterocycles. The Morgan fingerprint density at radius 2 is 1.79 bits per heavy atom. The van der Waals surface area contributed by atoms with Gasteiger partial charge in [0.25, 0.3) is 0 Å². The van der Waals surface area contributed by atoms with Crippen molar-refractivity contribution in [2.75, 3.05) is 24.7 Å². The molecule has 3 aromatic rings. The molecule has 1 fully saturated rings. The van der Waals surface area contributed by atoms with Crippen molar-refractivity contribution in [3.8, 4) is 0 Å². The Kier molecular flexibility index (Phi) is 6.24. The standard InChI is InChI=1S/C20H19F2N3O5S3/c1-32(27,28)14-3-4-16-17(11-14)31-20(23-16)24-19(26)12-6-8-25(9-7-12)33(29,30)18-5-2-13(21)10-15(18)22/h2-5,10-12H,6-9H2,1H3,(H,23,24,26). The second-order valence-electron chi connectivity index (χ2n) is 7.66. The predicted molar refractivity (Wildman–Crippen MR) is 119 cm³/mol. The molecule has 1 N–H and O–H groups in total. The Labute approximate surface area is 193 Å². The van der Waals surface area contributed by atoms with E-state index in [0.717, 1.165) is 34.0 Å². The van der Waals surface area contributed by atoms with Crippen LogP contribution in [0.5, 0.6) is 0 Å². The number of benzene rings is 2. The van der Waals surface area contributed by atoms with Crippen LogP contribution in [0.3, 0.4) is 0 Å². The van der Waals surface area contributed by atoms with Gasteiger partial charge in [0, 0.05) is 31.3 Å². The Morgan fingerprint density at radius 3 is 2.42 bits per heavy atom. The Morgan fingerprint density at radius 1 is 1.09 bits per heavy atom. The quantitative estimate of drug-likeness (QED) is 0.559. The summed E-state index contributed by atoms with van der Waals surface area (Å²) in [5.74, 6) is -2.84. The van der Waals surface area contributed by atoms with Crippen molar-refractivity contribution in [2.45, 2.75) is 22.6 Å². The molecular formula is C20H19F2N3O5S3. The van der Waals surface area contributed by atoms with Crippen LogP contribution in [0.15, 0.2) is 46.2 Å². The van der Waals surface area contributed by atoms with Gasteiger partial charge in [0.05, 0.1) is 15.1 Å². The lowest BCUT2D eigenvalue weighted by Gasteiger charge is -2.30. The highest BCUT2D eigenvalue weighted by atomic mass is 32.2. The fourth-order valence-electron chi connectivity index (χ4n) is 3.58. The van der Waals surface area contributed by atoms with E-state index in [4.69, 9.17) is 0 Å². The zero-order valence-corrected chi connectivity index (χ0v) is 19.7. The first-order valence-electron chi connectivity index (χ1n) is 9.82. The van der Waals surface area contributed by atoms with Gasteiger partial charge in [-0.2, -0.15) is 4.31 Å². The summed E-state index contributed by atoms with van der Waals surface area (Å²) in [6, 6.07) is 6.80. The monoisotopic (exact) mass is 515 g/mol. The van der Waals surface area contributed by atoms with Crippen LogP contribution in [-0.4, -0.2) is 51.4 Å². The molecule has 4 rings (SSSR count). The van der Waals surface area contributed by atoms with Crippen LogP contribution < -0.4 is 5.32 Å². The van der Waals surface area contributed by atoms with Crippen LogP contribution in [0, 0.1) is 17.6 Å². The maximum atomic E-state index is 14.0. The van der Waals surface area contributed by atoms with E-state index < -0.39 is 42.3 Å². The molecule has 1 amide bonds. The van der Waals surface area contributed by atoms with Gasteiger partial charge in [-0.3, -0.25) is 4.79 Å². The number of rotatable bonds is 5. The number of hydrogen-bond acceptors (Lipinski definition) is 7. The van der Waals surface area contributed by atoms with Crippen LogP contribution in [0.25, 0.3) is 10.2 Å². The molecule has 13 heteroatoms. The van der Waals surface area contributed by atoms with Crippen molar-refractivity contribution in [1.82, 2.24) is 9.29 Å². The van der Waals surface area contributed by atoms with E-state index >= 15 is 0 Å². The number of nitrogens with one attached hydrogen (secondary N) is 1. The molecule has 0 aliphatic carbocycles. The number of hydrogen-bond donors (Lipinski definition) is 1. The second kappa shape index (κ2) is 8.70. The number of sulfone groups is 1. The number of aromatic nitrogens is 1. The van der Waals surface area contributed by atoms with Gasteiger partial charge in [-0.05, 0) is 43.2 Å². The predicted octanol–water partition coefficient (Wildman–Crippen LogP) is 3.02. The van der Waals surface area contributed by atoms with Gasteiger partial charge < -0.3 is 5.32 Å². The van der Waals surface area contributed by atoms with Crippen LogP contribution in [0.1, 0.15) is 12.8 Å². The molecule has 0 saturated carbocycles. The summed E-state index contributed by atoms with van der Waals surface area (Å²) in [6.45, 7) is 0.0175. The van der Waals surface area contributed by atoms with E-state index in [1.165, 1.54) is 12.1 Å². The molecule has 0 spiro atoms. The lowest BCUT2D eigenvalue weighted by Crippen LogP contribution is -2.41. The number of anilines is 1. The summed E-state index contributed by atoms with van der Waals surface area (Å²) in [5, 5.41) is 3.02. The van der Waals surface area contributed by atoms with Gasteiger partial charge in [0.1, 0.15) is 16.5 Å². The molecule has 33 heavy (non-hydrogen) atoms. The van der Waals surface area contributed by atoms with Gasteiger partial charge in [0.15, 0.2) is 15.0 Å². The first kappa shape index (κ1) is 23.7. The molecule has 2 aromatic carbocycles. The maximum Gasteiger partial charge on any atom is 0.245 e. The second-order valence-corrected chi connectivity index (χ2v) is 12.6. The summed E-state index contributed by atoms with van der Waals surface area (Å²) in [5.41, 5.74) is 0.546. The first-order chi connectivity index (χ1) is 15.4. The van der Waals surface area contributed by atoms with Crippen molar-refractivity contribution >= 4 is 52.5 Å². The number of amides is 1. The molecule has 0 bridgehead atoms. The normalized spacial score (nSPS) is 16.2. The summed E-state index contributed by atoms with van der Waals surface area (Å²) >= 11 is 1.14. The lowest BCUT2D eigenvalue weighted by molar-refractivity contribution is -0.120. The number of nitrogens with zero attached hydrogens (tertiary/aromatic N) is 2. The Bertz CT molecular complexity index is 1450. The summed E-state index contributed by atoms with van der Waals surface area (Å²) in [7, 11) is -7.52. The zero-order chi connectivity index (χ0) is 24.0. The number of carbonyl (C=O) groups is 1. The van der Waals surface area contributed by atoms with E-state index in [1.54, 1.807) is 6.07 Å². The van der Waals surface area contributed by atoms with E-state index in [9.17, 15) is 30.4 Å². The van der Waals surface area contributed by atoms with Gasteiger partial charge in [-0.25, -0.2) is 30.6 Å². The molecule has 2 heterocycles. The molecule has 0 atom stereocenters. The number of sulfonamides is 1. The number of thiazole rings is 1. The number of fused-ring (bicyclic) bond motifs is 1. The zero-order valence-electron chi connectivity index (χ0n) is 17.3. The summed E-state index contributed by atoms with van der Waals surface area (Å²) in [6.07, 6.45) is 1.54. The minimum absolute atomic E-state index is 0.00873. The highest BCUT2D eigenvalue weighted by Crippen LogP contribution is 2.30. The van der Waals surface area contributed by atoms with Crippen molar-refractivity contribution in [3.63, 3.8) is 0 Å². The van der Waals surface area contributed by atoms with E-state index in [1.807, 2.05) is 0 Å². The molecule has 1 aliphatic rings. The van der Waals surface area contributed by atoms with Crippen molar-refractivity contribution in [3.05, 3.63) is 48.0 Å². The first-order valence-corrected chi connectivity index (χ1v) is 14.0. The number of carbonyl (C=O) groups excluding carboxylic acids is 1. The molecule has 1 aliphatic heterocycles. The Hall–Kier alpha value is -2.48. The molecule has 176 valence electrons. The third kappa shape index (κ3) is 4.90. The third-order valence-electron chi connectivity index (χ3n) is 5.35. The summed E-state index contributed by atoms with van der Waals surface area (Å²) in [4.78, 5) is 16.5. The fraction of sp³-hybridized carbons (Fsp3) is 0.300. The number of piperidine rings is 1. The van der Waals surface area contributed by atoms with Crippen LogP contribution in [0.2, 0.25) is 0 Å². The van der Waals surface area contributed by atoms with Crippen molar-refractivity contribution in [2.24, 2.45) is 5.92 Å². The van der Waals surface area contributed by atoms with E-state index in [-0.39, 0.29) is 36.7 Å². The molecule has 0 unspecified atom stereocenters. The maximum absolute atomic E-state index is 14.0. The SMILES string of the molecule is CS(=O)(=O)c1ccc2nc(NC(=O)C3CCN(S(=O)(=O)c4ccc(F)cc4F)CC3)sc2c1. The van der Waals surface area contributed by atoms with E-state index in [2.05, 4.69) is 10.3 Å². The topological polar surface area (TPSA) is 114 Å². The minimum atomic E-state index is -4.15. The van der Waals surface area contributed by atoms with Crippen LogP contribution in [-0.2, 0) is 24.7 Å².